The molecule has 3 nitrogen and oxygen atoms in total. The second-order valence-corrected chi connectivity index (χ2v) is 6.75. The van der Waals surface area contributed by atoms with Crippen molar-refractivity contribution in [2.75, 3.05) is 5.43 Å². The molecule has 0 atom stereocenters. The Balaban J connectivity index is 1.81. The summed E-state index contributed by atoms with van der Waals surface area (Å²) in [6.45, 7) is 0. The molecule has 0 unspecified atom stereocenters. The molecule has 1 saturated carbocycles. The molecule has 3 heteroatoms. The predicted octanol–water partition coefficient (Wildman–Crippen LogP) is 6.32. The highest BCUT2D eigenvalue weighted by Gasteiger charge is 2.03. The molecule has 0 amide bonds. The van der Waals surface area contributed by atoms with Crippen LogP contribution in [-0.4, -0.2) is 10.7 Å². The number of anilines is 1. The van der Waals surface area contributed by atoms with Crippen LogP contribution < -0.4 is 5.43 Å². The second kappa shape index (κ2) is 12.1. The summed E-state index contributed by atoms with van der Waals surface area (Å²) in [4.78, 5) is 4.28. The SMILES string of the molecule is c1ccc(NN=C2CCCCCCCCCCCCCC2)nc1. The van der Waals surface area contributed by atoms with Crippen molar-refractivity contribution in [3.8, 4) is 0 Å². The number of hydrogen-bond donors (Lipinski definition) is 1. The Labute approximate surface area is 142 Å². The third-order valence-electron chi connectivity index (χ3n) is 4.67. The minimum Gasteiger partial charge on any atom is -0.261 e. The van der Waals surface area contributed by atoms with Crippen LogP contribution >= 0.6 is 0 Å². The number of aromatic nitrogens is 1. The van der Waals surface area contributed by atoms with Gasteiger partial charge in [0.1, 0.15) is 5.82 Å². The molecular formula is C20H33N3. The molecule has 1 N–H and O–H groups in total. The molecule has 0 spiro atoms. The van der Waals surface area contributed by atoms with Gasteiger partial charge in [-0.1, -0.05) is 70.3 Å². The first kappa shape index (κ1) is 18.0. The van der Waals surface area contributed by atoms with Gasteiger partial charge in [-0.15, -0.1) is 0 Å². The Kier molecular flexibility index (Phi) is 9.45. The maximum Gasteiger partial charge on any atom is 0.146 e. The fraction of sp³-hybridized carbons (Fsp3) is 0.700. The average molecular weight is 316 g/mol. The van der Waals surface area contributed by atoms with Gasteiger partial charge >= 0.3 is 0 Å². The van der Waals surface area contributed by atoms with Gasteiger partial charge in [0.2, 0.25) is 0 Å². The Bertz CT molecular complexity index is 410. The second-order valence-electron chi connectivity index (χ2n) is 6.75. The number of nitrogens with one attached hydrogen (secondary N) is 1. The minimum atomic E-state index is 0.843. The van der Waals surface area contributed by atoms with Gasteiger partial charge in [0.25, 0.3) is 0 Å². The zero-order valence-corrected chi connectivity index (χ0v) is 14.6. The van der Waals surface area contributed by atoms with Crippen molar-refractivity contribution in [2.45, 2.75) is 89.9 Å². The lowest BCUT2D eigenvalue weighted by molar-refractivity contribution is 0.548. The summed E-state index contributed by atoms with van der Waals surface area (Å²) in [5, 5.41) is 4.65. The highest BCUT2D eigenvalue weighted by atomic mass is 15.3. The first-order valence-electron chi connectivity index (χ1n) is 9.67. The van der Waals surface area contributed by atoms with E-state index in [2.05, 4.69) is 15.5 Å². The highest BCUT2D eigenvalue weighted by Crippen LogP contribution is 2.16. The van der Waals surface area contributed by atoms with Crippen molar-refractivity contribution >= 4 is 11.5 Å². The molecule has 0 aromatic carbocycles. The van der Waals surface area contributed by atoms with Crippen molar-refractivity contribution in [1.29, 1.82) is 0 Å². The smallest absolute Gasteiger partial charge is 0.146 e. The maximum atomic E-state index is 4.65. The third kappa shape index (κ3) is 8.73. The fourth-order valence-electron chi connectivity index (χ4n) is 3.23. The maximum absolute atomic E-state index is 4.65. The van der Waals surface area contributed by atoms with E-state index in [1.807, 2.05) is 18.2 Å². The van der Waals surface area contributed by atoms with E-state index in [4.69, 9.17) is 0 Å². The van der Waals surface area contributed by atoms with Crippen LogP contribution in [0.4, 0.5) is 5.82 Å². The van der Waals surface area contributed by atoms with E-state index in [0.29, 0.717) is 0 Å². The number of nitrogens with zero attached hydrogens (tertiary/aromatic N) is 2. The van der Waals surface area contributed by atoms with Crippen molar-refractivity contribution in [2.24, 2.45) is 5.10 Å². The Hall–Kier alpha value is -1.38. The quantitative estimate of drug-likeness (QED) is 0.648. The molecule has 1 fully saturated rings. The summed E-state index contributed by atoms with van der Waals surface area (Å²) in [6, 6.07) is 5.89. The predicted molar refractivity (Wildman–Crippen MR) is 99.9 cm³/mol. The van der Waals surface area contributed by atoms with Crippen molar-refractivity contribution in [1.82, 2.24) is 4.98 Å². The van der Waals surface area contributed by atoms with Crippen LogP contribution in [0.1, 0.15) is 89.9 Å². The molecule has 0 bridgehead atoms. The van der Waals surface area contributed by atoms with Gasteiger partial charge < -0.3 is 0 Å². The highest BCUT2D eigenvalue weighted by molar-refractivity contribution is 5.85. The lowest BCUT2D eigenvalue weighted by Gasteiger charge is -2.08. The van der Waals surface area contributed by atoms with E-state index >= 15 is 0 Å². The van der Waals surface area contributed by atoms with Crippen LogP contribution in [0.5, 0.6) is 0 Å². The first-order chi connectivity index (χ1) is 11.4. The van der Waals surface area contributed by atoms with E-state index in [0.717, 1.165) is 18.7 Å². The van der Waals surface area contributed by atoms with Gasteiger partial charge in [-0.2, -0.15) is 5.10 Å². The van der Waals surface area contributed by atoms with Gasteiger partial charge in [-0.05, 0) is 37.8 Å². The molecule has 1 aromatic rings. The van der Waals surface area contributed by atoms with Crippen LogP contribution in [0, 0.1) is 0 Å². The third-order valence-corrected chi connectivity index (χ3v) is 4.67. The molecular weight excluding hydrogens is 282 g/mol. The van der Waals surface area contributed by atoms with Crippen LogP contribution in [0.25, 0.3) is 0 Å². The summed E-state index contributed by atoms with van der Waals surface area (Å²) in [5.41, 5.74) is 4.46. The van der Waals surface area contributed by atoms with Gasteiger partial charge in [-0.3, -0.25) is 5.43 Å². The van der Waals surface area contributed by atoms with Gasteiger partial charge in [0.15, 0.2) is 0 Å². The Morgan fingerprint density at radius 1 is 0.696 bits per heavy atom. The molecule has 0 radical (unpaired) electrons. The summed E-state index contributed by atoms with van der Waals surface area (Å²) >= 11 is 0. The van der Waals surface area contributed by atoms with Crippen LogP contribution in [0.15, 0.2) is 29.5 Å². The van der Waals surface area contributed by atoms with Gasteiger partial charge in [0.05, 0.1) is 0 Å². The molecule has 2 rings (SSSR count). The molecule has 1 aliphatic rings. The van der Waals surface area contributed by atoms with Crippen molar-refractivity contribution < 1.29 is 0 Å². The number of hydrogen-bond acceptors (Lipinski definition) is 3. The summed E-state index contributed by atoms with van der Waals surface area (Å²) < 4.78 is 0. The summed E-state index contributed by atoms with van der Waals surface area (Å²) in [5.74, 6) is 0.843. The topological polar surface area (TPSA) is 37.3 Å². The Morgan fingerprint density at radius 2 is 1.22 bits per heavy atom. The van der Waals surface area contributed by atoms with Crippen LogP contribution in [-0.2, 0) is 0 Å². The molecule has 1 aromatic heterocycles. The molecule has 0 saturated heterocycles. The van der Waals surface area contributed by atoms with E-state index in [1.54, 1.807) is 6.20 Å². The Morgan fingerprint density at radius 3 is 1.70 bits per heavy atom. The molecule has 1 heterocycles. The van der Waals surface area contributed by atoms with E-state index < -0.39 is 0 Å². The zero-order chi connectivity index (χ0) is 16.0. The van der Waals surface area contributed by atoms with Crippen LogP contribution in [0.2, 0.25) is 0 Å². The average Bonchev–Trinajstić information content (AvgIpc) is 2.60. The standard InChI is InChI=1S/C20H33N3/c1-2-4-6-8-10-12-16-19(15-11-9-7-5-3-1)22-23-20-17-13-14-18-21-20/h13-14,17-18H,1-12,15-16H2,(H,21,23). The first-order valence-corrected chi connectivity index (χ1v) is 9.67. The zero-order valence-electron chi connectivity index (χ0n) is 14.6. The van der Waals surface area contributed by atoms with Gasteiger partial charge in [-0.25, -0.2) is 4.98 Å². The number of pyridine rings is 1. The molecule has 23 heavy (non-hydrogen) atoms. The van der Waals surface area contributed by atoms with E-state index in [1.165, 1.54) is 82.8 Å². The van der Waals surface area contributed by atoms with Crippen molar-refractivity contribution in [3.63, 3.8) is 0 Å². The lowest BCUT2D eigenvalue weighted by atomic mass is 10.0. The molecule has 1 aliphatic carbocycles. The summed E-state index contributed by atoms with van der Waals surface area (Å²) in [6.07, 6.45) is 20.7. The van der Waals surface area contributed by atoms with Crippen LogP contribution in [0.3, 0.4) is 0 Å². The largest absolute Gasteiger partial charge is 0.261 e. The number of hydrazone groups is 1. The van der Waals surface area contributed by atoms with Crippen molar-refractivity contribution in [3.05, 3.63) is 24.4 Å². The van der Waals surface area contributed by atoms with Gasteiger partial charge in [0, 0.05) is 11.9 Å². The minimum absolute atomic E-state index is 0.843. The van der Waals surface area contributed by atoms with E-state index in [9.17, 15) is 0 Å². The monoisotopic (exact) mass is 315 g/mol. The lowest BCUT2D eigenvalue weighted by Crippen LogP contribution is -2.04. The number of rotatable bonds is 2. The molecule has 128 valence electrons. The fourth-order valence-corrected chi connectivity index (χ4v) is 3.23. The normalized spacial score (nSPS) is 19.4. The van der Waals surface area contributed by atoms with E-state index in [-0.39, 0.29) is 0 Å². The summed E-state index contributed by atoms with van der Waals surface area (Å²) in [7, 11) is 0. The molecule has 0 aliphatic heterocycles.